The highest BCUT2D eigenvalue weighted by molar-refractivity contribution is 7.94. The Morgan fingerprint density at radius 2 is 1.83 bits per heavy atom. The molecule has 0 amide bonds. The molecule has 0 fully saturated rings. The summed E-state index contributed by atoms with van der Waals surface area (Å²) < 4.78 is 33.1. The highest BCUT2D eigenvalue weighted by Crippen LogP contribution is 2.47. The van der Waals surface area contributed by atoms with Crippen molar-refractivity contribution in [3.8, 4) is 0 Å². The lowest BCUT2D eigenvalue weighted by Gasteiger charge is -2.33. The number of nitrogens with zero attached hydrogens (tertiary/aromatic N) is 1. The summed E-state index contributed by atoms with van der Waals surface area (Å²) in [6.45, 7) is 3.42. The van der Waals surface area contributed by atoms with Gasteiger partial charge >= 0.3 is 0 Å². The van der Waals surface area contributed by atoms with Crippen LogP contribution >= 0.6 is 0 Å². The van der Waals surface area contributed by atoms with Crippen molar-refractivity contribution in [2.75, 3.05) is 4.72 Å². The zero-order valence-electron chi connectivity index (χ0n) is 13.0. The molecule has 0 radical (unpaired) electrons. The zero-order valence-corrected chi connectivity index (χ0v) is 13.8. The van der Waals surface area contributed by atoms with E-state index < -0.39 is 21.1 Å². The van der Waals surface area contributed by atoms with Crippen molar-refractivity contribution in [2.24, 2.45) is 0 Å². The Bertz CT molecular complexity index is 1040. The minimum absolute atomic E-state index is 0.0459. The van der Waals surface area contributed by atoms with Crippen LogP contribution in [0.15, 0.2) is 40.9 Å². The molecule has 1 atom stereocenters. The van der Waals surface area contributed by atoms with Gasteiger partial charge in [0, 0.05) is 5.56 Å². The number of benzene rings is 1. The smallest absolute Gasteiger partial charge is 0.249 e. The highest BCUT2D eigenvalue weighted by atomic mass is 32.2. The fourth-order valence-corrected chi connectivity index (χ4v) is 4.56. The van der Waals surface area contributed by atoms with E-state index >= 15 is 0 Å². The van der Waals surface area contributed by atoms with Crippen LogP contribution in [-0.4, -0.2) is 24.6 Å². The average Bonchev–Trinajstić information content (AvgIpc) is 2.84. The molecule has 7 heteroatoms. The molecule has 1 unspecified atom stereocenters. The van der Waals surface area contributed by atoms with E-state index in [1.54, 1.807) is 19.9 Å². The molecule has 0 spiro atoms. The van der Waals surface area contributed by atoms with Gasteiger partial charge in [0.15, 0.2) is 11.0 Å². The lowest BCUT2D eigenvalue weighted by atomic mass is 9.75. The van der Waals surface area contributed by atoms with Gasteiger partial charge in [-0.25, -0.2) is 13.1 Å². The summed E-state index contributed by atoms with van der Waals surface area (Å²) in [6, 6.07) is 7.45. The Morgan fingerprint density at radius 1 is 1.12 bits per heavy atom. The molecule has 2 aromatic rings. The van der Waals surface area contributed by atoms with Gasteiger partial charge in [0.25, 0.3) is 0 Å². The van der Waals surface area contributed by atoms with Gasteiger partial charge in [0.2, 0.25) is 15.9 Å². The third kappa shape index (κ3) is 1.98. The number of hydrogen-bond donors (Lipinski definition) is 1. The minimum Gasteiger partial charge on any atom is -0.337 e. The van der Waals surface area contributed by atoms with E-state index in [0.29, 0.717) is 16.8 Å². The first-order valence-electron chi connectivity index (χ1n) is 7.40. The number of ketones is 1. The first kappa shape index (κ1) is 14.9. The van der Waals surface area contributed by atoms with Crippen molar-refractivity contribution in [3.63, 3.8) is 0 Å². The molecule has 2 aliphatic carbocycles. The monoisotopic (exact) mass is 342 g/mol. The molecule has 1 aromatic carbocycles. The van der Waals surface area contributed by atoms with Gasteiger partial charge in [-0.2, -0.15) is 0 Å². The van der Waals surface area contributed by atoms with E-state index in [1.165, 1.54) is 6.08 Å². The number of nitrogens with one attached hydrogen (secondary N) is 1. The fraction of sp³-hybridized carbons (Fsp3) is 0.176. The lowest BCUT2D eigenvalue weighted by molar-refractivity contribution is -0.113. The van der Waals surface area contributed by atoms with Gasteiger partial charge in [0.1, 0.15) is 0 Å². The predicted octanol–water partition coefficient (Wildman–Crippen LogP) is 2.47. The second kappa shape index (κ2) is 4.91. The van der Waals surface area contributed by atoms with Crippen LogP contribution in [0.2, 0.25) is 0 Å². The SMILES string of the molecule is Cc1noc(NS(=O)(=O)C2C(=O)C=CC3=C2c2ccccc23)c1C. The summed E-state index contributed by atoms with van der Waals surface area (Å²) >= 11 is 0. The van der Waals surface area contributed by atoms with Crippen LogP contribution in [0.3, 0.4) is 0 Å². The van der Waals surface area contributed by atoms with Crippen LogP contribution in [0.4, 0.5) is 5.88 Å². The molecular formula is C17H14N2O4S. The molecule has 122 valence electrons. The summed E-state index contributed by atoms with van der Waals surface area (Å²) in [5.41, 5.74) is 4.29. The van der Waals surface area contributed by atoms with E-state index in [9.17, 15) is 13.2 Å². The van der Waals surface area contributed by atoms with Crippen LogP contribution in [0, 0.1) is 13.8 Å². The van der Waals surface area contributed by atoms with Crippen molar-refractivity contribution in [3.05, 3.63) is 58.8 Å². The van der Waals surface area contributed by atoms with Gasteiger partial charge in [-0.1, -0.05) is 35.5 Å². The van der Waals surface area contributed by atoms with Crippen molar-refractivity contribution in [1.29, 1.82) is 0 Å². The number of carbonyl (C=O) groups excluding carboxylic acids is 1. The maximum absolute atomic E-state index is 12.8. The molecule has 1 N–H and O–H groups in total. The van der Waals surface area contributed by atoms with Gasteiger partial charge in [0.05, 0.1) is 5.69 Å². The standard InChI is InChI=1S/C17H14N2O4S/c1-9-10(2)18-23-17(9)19-24(21,22)16-14(20)8-7-13-11-5-3-4-6-12(11)15(13)16/h3-8,16,19H,1-2H3. The number of sulfonamides is 1. The Hall–Kier alpha value is -2.67. The van der Waals surface area contributed by atoms with E-state index in [2.05, 4.69) is 9.88 Å². The summed E-state index contributed by atoms with van der Waals surface area (Å²) in [5, 5.41) is 2.46. The molecule has 0 saturated carbocycles. The Kier molecular flexibility index (Phi) is 3.05. The molecule has 4 rings (SSSR count). The van der Waals surface area contributed by atoms with Crippen molar-refractivity contribution >= 4 is 32.8 Å². The minimum atomic E-state index is -4.01. The molecule has 0 aliphatic heterocycles. The number of hydrogen-bond acceptors (Lipinski definition) is 5. The number of rotatable bonds is 3. The maximum Gasteiger partial charge on any atom is 0.249 e. The van der Waals surface area contributed by atoms with Crippen LogP contribution in [0.1, 0.15) is 22.4 Å². The fourth-order valence-electron chi connectivity index (χ4n) is 3.04. The normalized spacial score (nSPS) is 18.9. The highest BCUT2D eigenvalue weighted by Gasteiger charge is 2.44. The largest absolute Gasteiger partial charge is 0.337 e. The summed E-state index contributed by atoms with van der Waals surface area (Å²) in [6.07, 6.45) is 2.99. The van der Waals surface area contributed by atoms with E-state index in [4.69, 9.17) is 4.52 Å². The molecule has 6 nitrogen and oxygen atoms in total. The summed E-state index contributed by atoms with van der Waals surface area (Å²) in [7, 11) is -4.01. The number of fused-ring (bicyclic) bond motifs is 3. The Morgan fingerprint density at radius 3 is 2.50 bits per heavy atom. The second-order valence-corrected chi connectivity index (χ2v) is 7.62. The summed E-state index contributed by atoms with van der Waals surface area (Å²) in [4.78, 5) is 12.3. The molecule has 1 aromatic heterocycles. The van der Waals surface area contributed by atoms with Gasteiger partial charge in [-0.15, -0.1) is 0 Å². The van der Waals surface area contributed by atoms with Crippen LogP contribution in [0.25, 0.3) is 11.1 Å². The van der Waals surface area contributed by atoms with E-state index in [1.807, 2.05) is 24.3 Å². The van der Waals surface area contributed by atoms with E-state index in [0.717, 1.165) is 16.7 Å². The zero-order chi connectivity index (χ0) is 17.1. The van der Waals surface area contributed by atoms with Crippen LogP contribution in [0.5, 0.6) is 0 Å². The molecule has 24 heavy (non-hydrogen) atoms. The maximum atomic E-state index is 12.8. The third-order valence-corrected chi connectivity index (χ3v) is 5.99. The third-order valence-electron chi connectivity index (χ3n) is 4.43. The predicted molar refractivity (Wildman–Crippen MR) is 89.7 cm³/mol. The average molecular weight is 342 g/mol. The number of aromatic nitrogens is 1. The first-order chi connectivity index (χ1) is 11.4. The van der Waals surface area contributed by atoms with Gasteiger partial charge in [-0.3, -0.25) is 4.79 Å². The Labute approximate surface area is 138 Å². The summed E-state index contributed by atoms with van der Waals surface area (Å²) in [5.74, 6) is -0.422. The van der Waals surface area contributed by atoms with Crippen LogP contribution < -0.4 is 4.72 Å². The first-order valence-corrected chi connectivity index (χ1v) is 8.95. The lowest BCUT2D eigenvalue weighted by Crippen LogP contribution is -2.39. The van der Waals surface area contributed by atoms with E-state index in [-0.39, 0.29) is 5.88 Å². The number of allylic oxidation sites excluding steroid dienone is 3. The topological polar surface area (TPSA) is 89.3 Å². The molecule has 0 bridgehead atoms. The second-order valence-electron chi connectivity index (χ2n) is 5.86. The number of carbonyl (C=O) groups is 1. The van der Waals surface area contributed by atoms with Crippen molar-refractivity contribution in [1.82, 2.24) is 5.16 Å². The van der Waals surface area contributed by atoms with Crippen molar-refractivity contribution in [2.45, 2.75) is 19.1 Å². The molecule has 0 saturated heterocycles. The Balaban J connectivity index is 1.76. The molecule has 1 heterocycles. The van der Waals surface area contributed by atoms with Crippen LogP contribution in [-0.2, 0) is 14.8 Å². The van der Waals surface area contributed by atoms with Crippen molar-refractivity contribution < 1.29 is 17.7 Å². The molecule has 2 aliphatic rings. The van der Waals surface area contributed by atoms with Gasteiger partial charge in [-0.05, 0) is 42.2 Å². The number of anilines is 1. The molecular weight excluding hydrogens is 328 g/mol. The number of aryl methyl sites for hydroxylation is 1. The quantitative estimate of drug-likeness (QED) is 0.925. The van der Waals surface area contributed by atoms with Gasteiger partial charge < -0.3 is 4.52 Å².